The topological polar surface area (TPSA) is 55.1 Å². The number of hydrogen-bond acceptors (Lipinski definition) is 2. The fourth-order valence-corrected chi connectivity index (χ4v) is 1.99. The number of nitrogens with two attached hydrogens (primary N) is 1. The number of halogens is 2. The van der Waals surface area contributed by atoms with Crippen molar-refractivity contribution in [3.63, 3.8) is 0 Å². The van der Waals surface area contributed by atoms with Crippen molar-refractivity contribution in [3.05, 3.63) is 34.1 Å². The van der Waals surface area contributed by atoms with E-state index in [9.17, 15) is 9.18 Å². The number of nitrogens with one attached hydrogen (secondary N) is 1. The van der Waals surface area contributed by atoms with Crippen LogP contribution in [0.25, 0.3) is 0 Å². The maximum absolute atomic E-state index is 13.0. The van der Waals surface area contributed by atoms with Crippen molar-refractivity contribution in [1.29, 1.82) is 0 Å². The normalized spacial score (nSPS) is 12.6. The quantitative estimate of drug-likeness (QED) is 0.877. The molecule has 0 spiro atoms. The number of carbonyl (C=O) groups excluding carboxylic acids is 1. The van der Waals surface area contributed by atoms with Crippen molar-refractivity contribution in [2.24, 2.45) is 11.7 Å². The minimum absolute atomic E-state index is 0.208. The molecule has 1 aromatic rings. The van der Waals surface area contributed by atoms with E-state index in [2.05, 4.69) is 21.2 Å². The van der Waals surface area contributed by atoms with Crippen molar-refractivity contribution in [1.82, 2.24) is 5.32 Å². The molecule has 0 bridgehead atoms. The molecule has 5 heteroatoms. The lowest BCUT2D eigenvalue weighted by Gasteiger charge is -2.14. The molecule has 0 aromatic heterocycles. The molecule has 0 heterocycles. The first-order chi connectivity index (χ1) is 8.40. The van der Waals surface area contributed by atoms with Crippen molar-refractivity contribution in [2.75, 3.05) is 0 Å². The fraction of sp³-hybridized carbons (Fsp3) is 0.462. The Morgan fingerprint density at radius 1 is 1.50 bits per heavy atom. The summed E-state index contributed by atoms with van der Waals surface area (Å²) in [5, 5.41) is 2.71. The monoisotopic (exact) mass is 316 g/mol. The Kier molecular flexibility index (Phi) is 5.75. The summed E-state index contributed by atoms with van der Waals surface area (Å²) < 4.78 is 13.8. The highest BCUT2D eigenvalue weighted by Crippen LogP contribution is 2.17. The molecular formula is C13H18BrFN2O. The van der Waals surface area contributed by atoms with Crippen molar-refractivity contribution in [3.8, 4) is 0 Å². The van der Waals surface area contributed by atoms with Crippen LogP contribution in [-0.2, 0) is 11.3 Å². The summed E-state index contributed by atoms with van der Waals surface area (Å²) in [6.45, 7) is 4.29. The Balaban J connectivity index is 2.54. The van der Waals surface area contributed by atoms with Gasteiger partial charge in [0.25, 0.3) is 0 Å². The second-order valence-corrected chi connectivity index (χ2v) is 5.54. The summed E-state index contributed by atoms with van der Waals surface area (Å²) >= 11 is 3.31. The van der Waals surface area contributed by atoms with Crippen LogP contribution < -0.4 is 11.1 Å². The molecule has 0 aliphatic rings. The predicted molar refractivity (Wildman–Crippen MR) is 73.4 cm³/mol. The van der Waals surface area contributed by atoms with E-state index >= 15 is 0 Å². The highest BCUT2D eigenvalue weighted by atomic mass is 79.9. The third-order valence-electron chi connectivity index (χ3n) is 2.52. The van der Waals surface area contributed by atoms with E-state index in [4.69, 9.17) is 5.73 Å². The molecule has 0 aliphatic carbocycles. The lowest BCUT2D eigenvalue weighted by atomic mass is 10.0. The summed E-state index contributed by atoms with van der Waals surface area (Å²) in [5.41, 5.74) is 6.45. The third kappa shape index (κ3) is 4.74. The zero-order valence-corrected chi connectivity index (χ0v) is 12.1. The molecule has 0 fully saturated rings. The molecule has 1 atom stereocenters. The van der Waals surface area contributed by atoms with Crippen LogP contribution in [0.2, 0.25) is 0 Å². The van der Waals surface area contributed by atoms with E-state index in [-0.39, 0.29) is 18.3 Å². The van der Waals surface area contributed by atoms with E-state index in [1.165, 1.54) is 12.1 Å². The van der Waals surface area contributed by atoms with Crippen molar-refractivity contribution < 1.29 is 9.18 Å². The second-order valence-electron chi connectivity index (χ2n) is 4.69. The highest BCUT2D eigenvalue weighted by Gasteiger charge is 2.14. The van der Waals surface area contributed by atoms with Gasteiger partial charge >= 0.3 is 0 Å². The van der Waals surface area contributed by atoms with Crippen molar-refractivity contribution >= 4 is 21.8 Å². The Morgan fingerprint density at radius 3 is 2.78 bits per heavy atom. The van der Waals surface area contributed by atoms with Crippen molar-refractivity contribution in [2.45, 2.75) is 32.9 Å². The summed E-state index contributed by atoms with van der Waals surface area (Å²) in [5.74, 6) is -0.166. The smallest absolute Gasteiger partial charge is 0.237 e. The molecule has 1 amide bonds. The molecule has 18 heavy (non-hydrogen) atoms. The van der Waals surface area contributed by atoms with E-state index < -0.39 is 6.04 Å². The lowest BCUT2D eigenvalue weighted by Crippen LogP contribution is -2.41. The number of rotatable bonds is 5. The van der Waals surface area contributed by atoms with Gasteiger partial charge in [-0.25, -0.2) is 4.39 Å². The number of amides is 1. The molecule has 0 radical (unpaired) electrons. The fourth-order valence-electron chi connectivity index (χ4n) is 1.61. The maximum atomic E-state index is 13.0. The Bertz CT molecular complexity index is 423. The first kappa shape index (κ1) is 15.1. The standard InChI is InChI=1S/C13H18BrFN2O/c1-8(2)5-12(16)13(18)17-7-9-6-10(15)3-4-11(9)14/h3-4,6,8,12H,5,7,16H2,1-2H3,(H,17,18). The van der Waals surface area contributed by atoms with Crippen LogP contribution >= 0.6 is 15.9 Å². The Hall–Kier alpha value is -0.940. The second kappa shape index (κ2) is 6.85. The Morgan fingerprint density at radius 2 is 2.17 bits per heavy atom. The average Bonchev–Trinajstić information content (AvgIpc) is 2.29. The average molecular weight is 317 g/mol. The van der Waals surface area contributed by atoms with Gasteiger partial charge in [0, 0.05) is 11.0 Å². The van der Waals surface area contributed by atoms with Gasteiger partial charge in [-0.15, -0.1) is 0 Å². The summed E-state index contributed by atoms with van der Waals surface area (Å²) in [6, 6.07) is 3.85. The van der Waals surface area contributed by atoms with Crippen LogP contribution in [0.4, 0.5) is 4.39 Å². The SMILES string of the molecule is CC(C)CC(N)C(=O)NCc1cc(F)ccc1Br. The largest absolute Gasteiger partial charge is 0.351 e. The molecule has 0 saturated heterocycles. The van der Waals surface area contributed by atoms with Gasteiger partial charge in [-0.3, -0.25) is 4.79 Å². The van der Waals surface area contributed by atoms with Crippen LogP contribution in [0.3, 0.4) is 0 Å². The lowest BCUT2D eigenvalue weighted by molar-refractivity contribution is -0.122. The molecule has 0 saturated carbocycles. The van der Waals surface area contributed by atoms with Crippen LogP contribution in [0.1, 0.15) is 25.8 Å². The van der Waals surface area contributed by atoms with E-state index in [0.717, 1.165) is 4.47 Å². The molecule has 1 unspecified atom stereocenters. The molecule has 100 valence electrons. The number of benzene rings is 1. The molecule has 1 rings (SSSR count). The van der Waals surface area contributed by atoms with Gasteiger partial charge in [-0.2, -0.15) is 0 Å². The summed E-state index contributed by atoms with van der Waals surface area (Å²) in [7, 11) is 0. The number of carbonyl (C=O) groups is 1. The predicted octanol–water partition coefficient (Wildman–Crippen LogP) is 2.58. The van der Waals surface area contributed by atoms with Gasteiger partial charge in [0.15, 0.2) is 0 Å². The first-order valence-corrected chi connectivity index (χ1v) is 6.66. The summed E-state index contributed by atoms with van der Waals surface area (Å²) in [6.07, 6.45) is 0.635. The summed E-state index contributed by atoms with van der Waals surface area (Å²) in [4.78, 5) is 11.7. The van der Waals surface area contributed by atoms with Gasteiger partial charge in [0.05, 0.1) is 6.04 Å². The van der Waals surface area contributed by atoms with E-state index in [1.54, 1.807) is 6.07 Å². The van der Waals surface area contributed by atoms with Gasteiger partial charge < -0.3 is 11.1 Å². The maximum Gasteiger partial charge on any atom is 0.237 e. The highest BCUT2D eigenvalue weighted by molar-refractivity contribution is 9.10. The van der Waals surface area contributed by atoms with Gasteiger partial charge in [-0.1, -0.05) is 29.8 Å². The molecule has 3 N–H and O–H groups in total. The van der Waals surface area contributed by atoms with Crippen LogP contribution in [0, 0.1) is 11.7 Å². The van der Waals surface area contributed by atoms with Gasteiger partial charge in [0.1, 0.15) is 5.82 Å². The van der Waals surface area contributed by atoms with Gasteiger partial charge in [-0.05, 0) is 36.1 Å². The van der Waals surface area contributed by atoms with E-state index in [1.807, 2.05) is 13.8 Å². The molecular weight excluding hydrogens is 299 g/mol. The third-order valence-corrected chi connectivity index (χ3v) is 3.30. The van der Waals surface area contributed by atoms with Gasteiger partial charge in [0.2, 0.25) is 5.91 Å². The minimum atomic E-state index is -0.516. The zero-order chi connectivity index (χ0) is 13.7. The molecule has 1 aromatic carbocycles. The Labute approximate surface area is 115 Å². The minimum Gasteiger partial charge on any atom is -0.351 e. The first-order valence-electron chi connectivity index (χ1n) is 5.87. The molecule has 0 aliphatic heterocycles. The number of hydrogen-bond donors (Lipinski definition) is 2. The zero-order valence-electron chi connectivity index (χ0n) is 10.5. The van der Waals surface area contributed by atoms with Crippen LogP contribution in [0.5, 0.6) is 0 Å². The van der Waals surface area contributed by atoms with Crippen LogP contribution in [0.15, 0.2) is 22.7 Å². The van der Waals surface area contributed by atoms with Crippen LogP contribution in [-0.4, -0.2) is 11.9 Å². The molecule has 3 nitrogen and oxygen atoms in total. The van der Waals surface area contributed by atoms with E-state index in [0.29, 0.717) is 17.9 Å².